The van der Waals surface area contributed by atoms with Crippen LogP contribution in [0, 0.1) is 0 Å². The van der Waals surface area contributed by atoms with E-state index in [4.69, 9.17) is 16.3 Å². The number of carbonyl (C=O) groups excluding carboxylic acids is 1. The zero-order valence-corrected chi connectivity index (χ0v) is 12.5. The SMILES string of the molecule is CCOC(=O)c1nc(SC)nnc1-c1ccccc1Cl. The van der Waals surface area contributed by atoms with E-state index in [9.17, 15) is 4.79 Å². The molecule has 5 nitrogen and oxygen atoms in total. The molecule has 0 saturated heterocycles. The van der Waals surface area contributed by atoms with Gasteiger partial charge in [0, 0.05) is 5.56 Å². The van der Waals surface area contributed by atoms with E-state index >= 15 is 0 Å². The van der Waals surface area contributed by atoms with Crippen LogP contribution >= 0.6 is 23.4 Å². The van der Waals surface area contributed by atoms with Crippen LogP contribution < -0.4 is 0 Å². The van der Waals surface area contributed by atoms with Gasteiger partial charge in [-0.15, -0.1) is 10.2 Å². The van der Waals surface area contributed by atoms with Crippen molar-refractivity contribution in [1.29, 1.82) is 0 Å². The molecule has 0 unspecified atom stereocenters. The number of aromatic nitrogens is 3. The van der Waals surface area contributed by atoms with Gasteiger partial charge in [-0.25, -0.2) is 9.78 Å². The van der Waals surface area contributed by atoms with E-state index in [1.165, 1.54) is 11.8 Å². The maximum Gasteiger partial charge on any atom is 0.359 e. The molecule has 0 aliphatic carbocycles. The third-order valence-electron chi connectivity index (χ3n) is 2.45. The summed E-state index contributed by atoms with van der Waals surface area (Å²) in [5.74, 6) is -0.535. The van der Waals surface area contributed by atoms with E-state index in [0.717, 1.165) is 0 Å². The van der Waals surface area contributed by atoms with Crippen LogP contribution in [0.1, 0.15) is 17.4 Å². The fraction of sp³-hybridized carbons (Fsp3) is 0.231. The molecule has 0 fully saturated rings. The average Bonchev–Trinajstić information content (AvgIpc) is 2.47. The van der Waals surface area contributed by atoms with Gasteiger partial charge in [0.25, 0.3) is 0 Å². The van der Waals surface area contributed by atoms with Crippen molar-refractivity contribution < 1.29 is 9.53 Å². The smallest absolute Gasteiger partial charge is 0.359 e. The molecule has 2 aromatic rings. The molecule has 0 aliphatic rings. The number of nitrogens with zero attached hydrogens (tertiary/aromatic N) is 3. The summed E-state index contributed by atoms with van der Waals surface area (Å²) in [6, 6.07) is 7.08. The summed E-state index contributed by atoms with van der Waals surface area (Å²) in [5, 5.41) is 8.90. The first kappa shape index (κ1) is 14.7. The Bertz CT molecular complexity index is 637. The highest BCUT2D eigenvalue weighted by molar-refractivity contribution is 7.98. The largest absolute Gasteiger partial charge is 0.461 e. The number of benzene rings is 1. The van der Waals surface area contributed by atoms with Crippen molar-refractivity contribution in [2.24, 2.45) is 0 Å². The molecular weight excluding hydrogens is 298 g/mol. The molecule has 0 radical (unpaired) electrons. The molecule has 0 bridgehead atoms. The molecule has 1 aromatic carbocycles. The molecule has 0 aliphatic heterocycles. The Morgan fingerprint density at radius 3 is 2.75 bits per heavy atom. The molecule has 7 heteroatoms. The van der Waals surface area contributed by atoms with E-state index in [-0.39, 0.29) is 12.3 Å². The van der Waals surface area contributed by atoms with Crippen molar-refractivity contribution in [1.82, 2.24) is 15.2 Å². The van der Waals surface area contributed by atoms with Crippen molar-refractivity contribution in [3.8, 4) is 11.3 Å². The first-order valence-corrected chi connectivity index (χ1v) is 7.48. The predicted molar refractivity (Wildman–Crippen MR) is 78.0 cm³/mol. The summed E-state index contributed by atoms with van der Waals surface area (Å²) in [5.41, 5.74) is 1.05. The van der Waals surface area contributed by atoms with Gasteiger partial charge in [0.1, 0.15) is 5.69 Å². The minimum atomic E-state index is -0.535. The third kappa shape index (κ3) is 3.08. The van der Waals surface area contributed by atoms with Gasteiger partial charge in [0.05, 0.1) is 11.6 Å². The number of ether oxygens (including phenoxy) is 1. The second kappa shape index (κ2) is 6.67. The predicted octanol–water partition coefficient (Wildman–Crippen LogP) is 3.09. The summed E-state index contributed by atoms with van der Waals surface area (Å²) in [7, 11) is 0. The van der Waals surface area contributed by atoms with Gasteiger partial charge < -0.3 is 4.74 Å². The van der Waals surface area contributed by atoms with Crippen LogP contribution in [0.4, 0.5) is 0 Å². The molecule has 2 rings (SSSR count). The van der Waals surface area contributed by atoms with E-state index in [1.807, 2.05) is 0 Å². The molecule has 104 valence electrons. The van der Waals surface area contributed by atoms with Crippen LogP contribution in [0.15, 0.2) is 29.4 Å². The van der Waals surface area contributed by atoms with Crippen molar-refractivity contribution in [2.45, 2.75) is 12.1 Å². The van der Waals surface area contributed by atoms with E-state index in [0.29, 0.717) is 21.4 Å². The van der Waals surface area contributed by atoms with Crippen molar-refractivity contribution in [2.75, 3.05) is 12.9 Å². The highest BCUT2D eigenvalue weighted by Crippen LogP contribution is 2.28. The normalized spacial score (nSPS) is 10.3. The van der Waals surface area contributed by atoms with Gasteiger partial charge in [-0.2, -0.15) is 0 Å². The quantitative estimate of drug-likeness (QED) is 0.639. The Morgan fingerprint density at radius 1 is 1.35 bits per heavy atom. The summed E-state index contributed by atoms with van der Waals surface area (Å²) in [6.45, 7) is 2.00. The van der Waals surface area contributed by atoms with Crippen LogP contribution in [-0.4, -0.2) is 34.0 Å². The number of rotatable bonds is 4. The maximum atomic E-state index is 12.0. The molecule has 0 N–H and O–H groups in total. The van der Waals surface area contributed by atoms with Crippen molar-refractivity contribution >= 4 is 29.3 Å². The average molecular weight is 310 g/mol. The minimum absolute atomic E-state index is 0.124. The zero-order chi connectivity index (χ0) is 14.5. The van der Waals surface area contributed by atoms with Gasteiger partial charge in [-0.1, -0.05) is 41.6 Å². The number of halogens is 1. The lowest BCUT2D eigenvalue weighted by molar-refractivity contribution is 0.0518. The minimum Gasteiger partial charge on any atom is -0.461 e. The second-order valence-electron chi connectivity index (χ2n) is 3.70. The van der Waals surface area contributed by atoms with E-state index < -0.39 is 5.97 Å². The molecule has 20 heavy (non-hydrogen) atoms. The lowest BCUT2D eigenvalue weighted by Gasteiger charge is -2.08. The summed E-state index contributed by atoms with van der Waals surface area (Å²) in [6.07, 6.45) is 1.81. The molecule has 1 heterocycles. The van der Waals surface area contributed by atoms with Gasteiger partial charge in [0.15, 0.2) is 5.69 Å². The fourth-order valence-corrected chi connectivity index (χ4v) is 2.10. The number of hydrogen-bond donors (Lipinski definition) is 0. The van der Waals surface area contributed by atoms with Gasteiger partial charge in [-0.05, 0) is 19.2 Å². The van der Waals surface area contributed by atoms with E-state index in [2.05, 4.69) is 15.2 Å². The van der Waals surface area contributed by atoms with Crippen molar-refractivity contribution in [3.05, 3.63) is 35.0 Å². The molecule has 0 amide bonds. The summed E-state index contributed by atoms with van der Waals surface area (Å²) in [4.78, 5) is 16.2. The van der Waals surface area contributed by atoms with Gasteiger partial charge >= 0.3 is 5.97 Å². The Labute approximate surface area is 125 Å². The van der Waals surface area contributed by atoms with E-state index in [1.54, 1.807) is 37.4 Å². The third-order valence-corrected chi connectivity index (χ3v) is 3.32. The first-order valence-electron chi connectivity index (χ1n) is 5.88. The Hall–Kier alpha value is -1.66. The van der Waals surface area contributed by atoms with Crippen molar-refractivity contribution in [3.63, 3.8) is 0 Å². The first-order chi connectivity index (χ1) is 9.67. The van der Waals surface area contributed by atoms with Gasteiger partial charge in [0.2, 0.25) is 5.16 Å². The number of carbonyl (C=O) groups is 1. The summed E-state index contributed by atoms with van der Waals surface area (Å²) >= 11 is 7.43. The monoisotopic (exact) mass is 309 g/mol. The van der Waals surface area contributed by atoms with Crippen LogP contribution in [0.2, 0.25) is 5.02 Å². The molecule has 0 spiro atoms. The number of thioether (sulfide) groups is 1. The Morgan fingerprint density at radius 2 is 2.10 bits per heavy atom. The topological polar surface area (TPSA) is 65.0 Å². The van der Waals surface area contributed by atoms with Gasteiger partial charge in [-0.3, -0.25) is 0 Å². The Kier molecular flexibility index (Phi) is 4.92. The fourth-order valence-electron chi connectivity index (χ4n) is 1.57. The molecular formula is C13H12ClN3O2S. The van der Waals surface area contributed by atoms with Crippen LogP contribution in [0.25, 0.3) is 11.3 Å². The standard InChI is InChI=1S/C13H12ClN3O2S/c1-3-19-12(18)11-10(16-17-13(15-11)20-2)8-6-4-5-7-9(8)14/h4-7H,3H2,1-2H3. The Balaban J connectivity index is 2.58. The maximum absolute atomic E-state index is 12.0. The highest BCUT2D eigenvalue weighted by atomic mass is 35.5. The second-order valence-corrected chi connectivity index (χ2v) is 4.88. The molecule has 0 saturated carbocycles. The zero-order valence-electron chi connectivity index (χ0n) is 11.0. The lowest BCUT2D eigenvalue weighted by atomic mass is 10.1. The molecule has 1 aromatic heterocycles. The lowest BCUT2D eigenvalue weighted by Crippen LogP contribution is -2.12. The highest BCUT2D eigenvalue weighted by Gasteiger charge is 2.20. The summed E-state index contributed by atoms with van der Waals surface area (Å²) < 4.78 is 5.01. The number of hydrogen-bond acceptors (Lipinski definition) is 6. The number of esters is 1. The molecule has 0 atom stereocenters. The van der Waals surface area contributed by atoms with Crippen LogP contribution in [0.3, 0.4) is 0 Å². The van der Waals surface area contributed by atoms with Crippen LogP contribution in [-0.2, 0) is 4.74 Å². The van der Waals surface area contributed by atoms with Crippen LogP contribution in [0.5, 0.6) is 0 Å².